The molecule has 0 spiro atoms. The number of hydrogen-bond donors (Lipinski definition) is 0. The highest BCUT2D eigenvalue weighted by Gasteiger charge is 2.38. The fourth-order valence-electron chi connectivity index (χ4n) is 2.61. The molecule has 6 heteroatoms. The van der Waals surface area contributed by atoms with E-state index in [-0.39, 0.29) is 17.3 Å². The summed E-state index contributed by atoms with van der Waals surface area (Å²) in [7, 11) is 4.06. The van der Waals surface area contributed by atoms with Crippen LogP contribution in [0.15, 0.2) is 42.0 Å². The van der Waals surface area contributed by atoms with Crippen LogP contribution >= 0.6 is 0 Å². The molecule has 2 unspecified atom stereocenters. The van der Waals surface area contributed by atoms with Crippen LogP contribution < -0.4 is 0 Å². The Labute approximate surface area is 157 Å². The molecular formula is C20H33F2N3O. The molecule has 0 aromatic rings. The highest BCUT2D eigenvalue weighted by molar-refractivity contribution is 5.49. The number of hydrogen-bond acceptors (Lipinski definition) is 3. The third kappa shape index (κ3) is 8.92. The summed E-state index contributed by atoms with van der Waals surface area (Å²) in [6.45, 7) is 10.2. The van der Waals surface area contributed by atoms with Crippen LogP contribution in [0.5, 0.6) is 0 Å². The molecule has 1 saturated carbocycles. The number of amides is 1. The van der Waals surface area contributed by atoms with Gasteiger partial charge in [-0.15, -0.1) is 6.58 Å². The van der Waals surface area contributed by atoms with Gasteiger partial charge in [-0.25, -0.2) is 4.39 Å². The number of allylic oxidation sites excluding steroid dienone is 1. The van der Waals surface area contributed by atoms with Crippen molar-refractivity contribution in [2.75, 3.05) is 27.8 Å². The van der Waals surface area contributed by atoms with Crippen molar-refractivity contribution in [2.45, 2.75) is 38.6 Å². The van der Waals surface area contributed by atoms with Crippen LogP contribution in [-0.4, -0.2) is 56.8 Å². The SMILES string of the molecule is C=CCC(N=C)C(C/C=C/N(C=O)CC1(C)CC1)/C(F)=C/N(C)C.CF. The quantitative estimate of drug-likeness (QED) is 0.291. The average Bonchev–Trinajstić information content (AvgIpc) is 3.34. The van der Waals surface area contributed by atoms with Crippen LogP contribution in [0.2, 0.25) is 0 Å². The second kappa shape index (κ2) is 12.4. The lowest BCUT2D eigenvalue weighted by Gasteiger charge is -2.22. The largest absolute Gasteiger partial charge is 0.381 e. The first-order valence-electron chi connectivity index (χ1n) is 8.71. The van der Waals surface area contributed by atoms with Gasteiger partial charge in [0.05, 0.1) is 13.2 Å². The van der Waals surface area contributed by atoms with Gasteiger partial charge in [0.1, 0.15) is 5.83 Å². The lowest BCUT2D eigenvalue weighted by Crippen LogP contribution is -2.23. The topological polar surface area (TPSA) is 35.9 Å². The van der Waals surface area contributed by atoms with Crippen LogP contribution in [0.25, 0.3) is 0 Å². The van der Waals surface area contributed by atoms with Crippen LogP contribution in [0.3, 0.4) is 0 Å². The molecule has 148 valence electrons. The smallest absolute Gasteiger partial charge is 0.213 e. The normalized spacial score (nSPS) is 17.5. The first-order valence-corrected chi connectivity index (χ1v) is 8.71. The second-order valence-electron chi connectivity index (χ2n) is 7.07. The van der Waals surface area contributed by atoms with Crippen molar-refractivity contribution in [3.63, 3.8) is 0 Å². The van der Waals surface area contributed by atoms with Crippen molar-refractivity contribution >= 4 is 13.1 Å². The van der Waals surface area contributed by atoms with E-state index in [1.54, 1.807) is 36.2 Å². The van der Waals surface area contributed by atoms with E-state index < -0.39 is 5.92 Å². The Morgan fingerprint density at radius 3 is 2.35 bits per heavy atom. The van der Waals surface area contributed by atoms with E-state index in [1.165, 1.54) is 6.20 Å². The predicted molar refractivity (Wildman–Crippen MR) is 105 cm³/mol. The van der Waals surface area contributed by atoms with Gasteiger partial charge in [0, 0.05) is 39.0 Å². The summed E-state index contributed by atoms with van der Waals surface area (Å²) >= 11 is 0. The Balaban J connectivity index is 0.00000301. The van der Waals surface area contributed by atoms with E-state index in [9.17, 15) is 13.6 Å². The Bertz CT molecular complexity index is 499. The molecular weight excluding hydrogens is 336 g/mol. The number of halogens is 2. The standard InChI is InChI=1S/C19H30FN3O.CH3F/c1-6-8-18(21-3)16(17(20)13-22(4)5)9-7-12-23(15-24)14-19(2)10-11-19;1-2/h6-7,12-13,15-16,18H,1,3,8-11,14H2,2,4-5H3;1H3/b12-7+,17-13-;. The summed E-state index contributed by atoms with van der Waals surface area (Å²) in [5.74, 6) is -0.653. The Hall–Kier alpha value is -1.98. The minimum absolute atomic E-state index is 0.240. The summed E-state index contributed by atoms with van der Waals surface area (Å²) in [6, 6.07) is -0.269. The van der Waals surface area contributed by atoms with Crippen LogP contribution in [-0.2, 0) is 4.79 Å². The number of rotatable bonds is 12. The molecule has 1 fully saturated rings. The number of alkyl halides is 1. The van der Waals surface area contributed by atoms with Gasteiger partial charge in [-0.3, -0.25) is 14.2 Å². The van der Waals surface area contributed by atoms with E-state index in [4.69, 9.17) is 0 Å². The molecule has 4 nitrogen and oxygen atoms in total. The fraction of sp³-hybridized carbons (Fsp3) is 0.600. The number of aliphatic imine (C=N–C) groups is 1. The van der Waals surface area contributed by atoms with Gasteiger partial charge in [0.25, 0.3) is 0 Å². The zero-order valence-electron chi connectivity index (χ0n) is 16.5. The molecule has 0 aliphatic heterocycles. The van der Waals surface area contributed by atoms with Gasteiger partial charge in [0.2, 0.25) is 6.41 Å². The lowest BCUT2D eigenvalue weighted by molar-refractivity contribution is -0.116. The fourth-order valence-corrected chi connectivity index (χ4v) is 2.61. The van der Waals surface area contributed by atoms with Gasteiger partial charge < -0.3 is 9.80 Å². The van der Waals surface area contributed by atoms with E-state index >= 15 is 0 Å². The number of nitrogens with zero attached hydrogens (tertiary/aromatic N) is 3. The van der Waals surface area contributed by atoms with E-state index in [2.05, 4.69) is 25.2 Å². The first-order chi connectivity index (χ1) is 12.3. The molecule has 1 aliphatic rings. The highest BCUT2D eigenvalue weighted by Crippen LogP contribution is 2.45. The Morgan fingerprint density at radius 2 is 1.92 bits per heavy atom. The highest BCUT2D eigenvalue weighted by atomic mass is 19.1. The Morgan fingerprint density at radius 1 is 1.31 bits per heavy atom. The summed E-state index contributed by atoms with van der Waals surface area (Å²) in [4.78, 5) is 18.6. The van der Waals surface area contributed by atoms with Crippen molar-refractivity contribution in [1.29, 1.82) is 0 Å². The molecule has 0 aromatic carbocycles. The van der Waals surface area contributed by atoms with Crippen molar-refractivity contribution < 1.29 is 13.6 Å². The van der Waals surface area contributed by atoms with Crippen molar-refractivity contribution in [2.24, 2.45) is 16.3 Å². The minimum Gasteiger partial charge on any atom is -0.381 e. The Kier molecular flexibility index (Phi) is 11.4. The molecule has 1 rings (SSSR count). The van der Waals surface area contributed by atoms with E-state index in [0.717, 1.165) is 19.3 Å². The molecule has 0 heterocycles. The zero-order chi connectivity index (χ0) is 20.2. The summed E-state index contributed by atoms with van der Waals surface area (Å²) < 4.78 is 24.0. The third-order valence-corrected chi connectivity index (χ3v) is 4.33. The minimum atomic E-state index is -0.413. The first kappa shape index (κ1) is 24.0. The molecule has 1 aliphatic carbocycles. The number of carbonyl (C=O) groups excluding carboxylic acids is 1. The zero-order valence-corrected chi connectivity index (χ0v) is 16.5. The summed E-state index contributed by atoms with van der Waals surface area (Å²) in [6.07, 6.45) is 10.9. The molecule has 0 N–H and O–H groups in total. The van der Waals surface area contributed by atoms with Gasteiger partial charge in [-0.05, 0) is 37.8 Å². The maximum atomic E-state index is 14.5. The maximum absolute atomic E-state index is 14.5. The van der Waals surface area contributed by atoms with Crippen LogP contribution in [0.4, 0.5) is 8.78 Å². The van der Waals surface area contributed by atoms with E-state index in [0.29, 0.717) is 26.6 Å². The van der Waals surface area contributed by atoms with Crippen LogP contribution in [0, 0.1) is 11.3 Å². The van der Waals surface area contributed by atoms with Crippen molar-refractivity contribution in [1.82, 2.24) is 9.80 Å². The average molecular weight is 370 g/mol. The van der Waals surface area contributed by atoms with Crippen LogP contribution in [0.1, 0.15) is 32.6 Å². The molecule has 1 amide bonds. The molecule has 0 saturated heterocycles. The second-order valence-corrected chi connectivity index (χ2v) is 7.07. The molecule has 2 atom stereocenters. The maximum Gasteiger partial charge on any atom is 0.213 e. The van der Waals surface area contributed by atoms with Gasteiger partial charge in [-0.2, -0.15) is 0 Å². The van der Waals surface area contributed by atoms with Crippen molar-refractivity contribution in [3.8, 4) is 0 Å². The van der Waals surface area contributed by atoms with Crippen molar-refractivity contribution in [3.05, 3.63) is 37.0 Å². The van der Waals surface area contributed by atoms with Gasteiger partial charge in [0.15, 0.2) is 0 Å². The summed E-state index contributed by atoms with van der Waals surface area (Å²) in [5, 5.41) is 0. The van der Waals surface area contributed by atoms with Gasteiger partial charge >= 0.3 is 0 Å². The predicted octanol–water partition coefficient (Wildman–Crippen LogP) is 4.37. The molecule has 0 aromatic heterocycles. The van der Waals surface area contributed by atoms with E-state index in [1.807, 2.05) is 6.08 Å². The molecule has 26 heavy (non-hydrogen) atoms. The number of carbonyl (C=O) groups is 1. The molecule has 0 radical (unpaired) electrons. The monoisotopic (exact) mass is 369 g/mol. The van der Waals surface area contributed by atoms with Gasteiger partial charge in [-0.1, -0.05) is 19.1 Å². The third-order valence-electron chi connectivity index (χ3n) is 4.33. The summed E-state index contributed by atoms with van der Waals surface area (Å²) in [5.41, 5.74) is 0.245. The molecule has 0 bridgehead atoms. The lowest BCUT2D eigenvalue weighted by atomic mass is 9.92.